The minimum absolute atomic E-state index is 0.0999. The monoisotopic (exact) mass is 475 g/mol. The molecule has 2 aliphatic heterocycles. The van der Waals surface area contributed by atoms with Crippen LogP contribution in [0.2, 0.25) is 0 Å². The summed E-state index contributed by atoms with van der Waals surface area (Å²) in [5.41, 5.74) is 1.73. The standard InChI is InChI=1S/C25H23F2N7O/c1-14-15-8-18(9-15)33(25(35)19-10-16(26)3-5-22(19)34-30-6-7-31-34)23(14)12-29-24-13-28-21-11-17(27)2-4-20(21)32-24/h2-7,10-11,13-15,18,23H,8-9,12H2,1H3,(H,29,32)/t14-,15?,18?,23?/m1/s1. The average molecular weight is 476 g/mol. The minimum atomic E-state index is -0.488. The van der Waals surface area contributed by atoms with E-state index in [1.54, 1.807) is 12.3 Å². The van der Waals surface area contributed by atoms with Crippen molar-refractivity contribution in [1.29, 1.82) is 0 Å². The van der Waals surface area contributed by atoms with Crippen LogP contribution in [0.1, 0.15) is 30.1 Å². The molecule has 0 radical (unpaired) electrons. The molecule has 2 aromatic heterocycles. The van der Waals surface area contributed by atoms with Gasteiger partial charge in [-0.05, 0) is 55.0 Å². The van der Waals surface area contributed by atoms with E-state index < -0.39 is 5.82 Å². The molecule has 7 rings (SSSR count). The fraction of sp³-hybridized carbons (Fsp3) is 0.320. The normalized spacial score (nSPS) is 23.2. The molecule has 1 aliphatic carbocycles. The second kappa shape index (κ2) is 8.37. The lowest BCUT2D eigenvalue weighted by molar-refractivity contribution is -0.0502. The van der Waals surface area contributed by atoms with Gasteiger partial charge in [-0.1, -0.05) is 6.92 Å². The number of fused-ring (bicyclic) bond motifs is 3. The van der Waals surface area contributed by atoms with E-state index in [0.29, 0.717) is 35.0 Å². The Bertz CT molecular complexity index is 1400. The Labute approximate surface area is 200 Å². The number of carbonyl (C=O) groups is 1. The molecular weight excluding hydrogens is 452 g/mol. The zero-order chi connectivity index (χ0) is 24.1. The first kappa shape index (κ1) is 21.6. The van der Waals surface area contributed by atoms with Gasteiger partial charge in [0, 0.05) is 18.7 Å². The van der Waals surface area contributed by atoms with E-state index in [1.165, 1.54) is 47.5 Å². The van der Waals surface area contributed by atoms with Crippen molar-refractivity contribution in [3.63, 3.8) is 0 Å². The Morgan fingerprint density at radius 1 is 1.06 bits per heavy atom. The molecule has 3 fully saturated rings. The molecule has 4 aromatic rings. The number of anilines is 1. The van der Waals surface area contributed by atoms with Crippen LogP contribution in [0.5, 0.6) is 0 Å². The SMILES string of the molecule is C[C@@H]1C2CC(C2)N(C(=O)c2cc(F)ccc2-n2nccn2)C1CNc1cnc2cc(F)ccc2n1. The number of piperidine rings is 2. The number of nitrogens with one attached hydrogen (secondary N) is 1. The lowest BCUT2D eigenvalue weighted by Gasteiger charge is -2.57. The zero-order valence-corrected chi connectivity index (χ0v) is 19.0. The van der Waals surface area contributed by atoms with Gasteiger partial charge in [0.1, 0.15) is 17.5 Å². The second-order valence-corrected chi connectivity index (χ2v) is 9.27. The third-order valence-electron chi connectivity index (χ3n) is 7.31. The van der Waals surface area contributed by atoms with Crippen LogP contribution in [0.25, 0.3) is 16.7 Å². The average Bonchev–Trinajstić information content (AvgIpc) is 3.36. The summed E-state index contributed by atoms with van der Waals surface area (Å²) in [4.78, 5) is 25.9. The van der Waals surface area contributed by atoms with Gasteiger partial charge in [-0.25, -0.2) is 13.8 Å². The van der Waals surface area contributed by atoms with Crippen LogP contribution >= 0.6 is 0 Å². The van der Waals surface area contributed by atoms with Gasteiger partial charge in [0.25, 0.3) is 5.91 Å². The first-order valence-electron chi connectivity index (χ1n) is 11.6. The smallest absolute Gasteiger partial charge is 0.256 e. The predicted molar refractivity (Wildman–Crippen MR) is 125 cm³/mol. The van der Waals surface area contributed by atoms with Crippen molar-refractivity contribution in [3.05, 3.63) is 72.2 Å². The highest BCUT2D eigenvalue weighted by molar-refractivity contribution is 5.98. The molecule has 1 unspecified atom stereocenters. The largest absolute Gasteiger partial charge is 0.367 e. The number of amides is 1. The van der Waals surface area contributed by atoms with E-state index in [9.17, 15) is 13.6 Å². The van der Waals surface area contributed by atoms with Crippen molar-refractivity contribution in [3.8, 4) is 5.69 Å². The number of benzene rings is 2. The second-order valence-electron chi connectivity index (χ2n) is 9.27. The van der Waals surface area contributed by atoms with Crippen LogP contribution < -0.4 is 5.32 Å². The molecule has 8 nitrogen and oxygen atoms in total. The van der Waals surface area contributed by atoms with Gasteiger partial charge in [0.2, 0.25) is 0 Å². The summed E-state index contributed by atoms with van der Waals surface area (Å²) in [5, 5.41) is 11.6. The fourth-order valence-electron chi connectivity index (χ4n) is 5.34. The van der Waals surface area contributed by atoms with Gasteiger partial charge in [0.15, 0.2) is 0 Å². The molecule has 35 heavy (non-hydrogen) atoms. The molecule has 2 aromatic carbocycles. The van der Waals surface area contributed by atoms with Gasteiger partial charge < -0.3 is 10.2 Å². The Balaban J connectivity index is 1.29. The summed E-state index contributed by atoms with van der Waals surface area (Å²) in [6.07, 6.45) is 6.48. The molecule has 0 spiro atoms. The highest BCUT2D eigenvalue weighted by atomic mass is 19.1. The summed E-state index contributed by atoms with van der Waals surface area (Å²) >= 11 is 0. The third kappa shape index (κ3) is 3.78. The summed E-state index contributed by atoms with van der Waals surface area (Å²) < 4.78 is 27.7. The number of halogens is 2. The van der Waals surface area contributed by atoms with Gasteiger partial charge in [-0.3, -0.25) is 9.78 Å². The van der Waals surface area contributed by atoms with Crippen molar-refractivity contribution < 1.29 is 13.6 Å². The van der Waals surface area contributed by atoms with Gasteiger partial charge in [-0.15, -0.1) is 0 Å². The molecule has 1 N–H and O–H groups in total. The molecule has 2 saturated heterocycles. The number of carbonyl (C=O) groups excluding carboxylic acids is 1. The molecule has 3 aliphatic rings. The number of hydrogen-bond acceptors (Lipinski definition) is 6. The minimum Gasteiger partial charge on any atom is -0.367 e. The number of aromatic nitrogens is 5. The van der Waals surface area contributed by atoms with Crippen LogP contribution in [-0.2, 0) is 0 Å². The summed E-state index contributed by atoms with van der Waals surface area (Å²) in [7, 11) is 0. The molecule has 1 saturated carbocycles. The summed E-state index contributed by atoms with van der Waals surface area (Å²) in [6.45, 7) is 2.62. The van der Waals surface area contributed by atoms with Crippen molar-refractivity contribution in [2.45, 2.75) is 31.8 Å². The Kier molecular flexibility index (Phi) is 5.16. The zero-order valence-electron chi connectivity index (χ0n) is 19.0. The van der Waals surface area contributed by atoms with Crippen LogP contribution in [0, 0.1) is 23.5 Å². The lowest BCUT2D eigenvalue weighted by Crippen LogP contribution is -2.64. The maximum Gasteiger partial charge on any atom is 0.256 e. The number of rotatable bonds is 5. The molecule has 10 heteroatoms. The Hall–Kier alpha value is -3.95. The number of hydrogen-bond donors (Lipinski definition) is 1. The lowest BCUT2D eigenvalue weighted by atomic mass is 9.64. The summed E-state index contributed by atoms with van der Waals surface area (Å²) in [5.74, 6) is 0.256. The molecule has 4 heterocycles. The first-order valence-corrected chi connectivity index (χ1v) is 11.6. The van der Waals surface area contributed by atoms with Crippen molar-refractivity contribution in [2.75, 3.05) is 11.9 Å². The Morgan fingerprint density at radius 3 is 2.60 bits per heavy atom. The van der Waals surface area contributed by atoms with E-state index in [0.717, 1.165) is 12.8 Å². The van der Waals surface area contributed by atoms with Crippen LogP contribution in [-0.4, -0.2) is 54.4 Å². The Morgan fingerprint density at radius 2 is 1.80 bits per heavy atom. The molecule has 1 amide bonds. The van der Waals surface area contributed by atoms with Gasteiger partial charge in [-0.2, -0.15) is 15.0 Å². The number of nitrogens with zero attached hydrogens (tertiary/aromatic N) is 6. The molecule has 2 bridgehead atoms. The van der Waals surface area contributed by atoms with Crippen LogP contribution in [0.4, 0.5) is 14.6 Å². The highest BCUT2D eigenvalue weighted by Crippen LogP contribution is 2.47. The molecule has 2 atom stereocenters. The van der Waals surface area contributed by atoms with E-state index >= 15 is 0 Å². The summed E-state index contributed by atoms with van der Waals surface area (Å²) in [6, 6.07) is 8.35. The quantitative estimate of drug-likeness (QED) is 0.472. The van der Waals surface area contributed by atoms with Crippen LogP contribution in [0.15, 0.2) is 55.0 Å². The van der Waals surface area contributed by atoms with E-state index in [4.69, 9.17) is 0 Å². The highest BCUT2D eigenvalue weighted by Gasteiger charge is 2.50. The predicted octanol–water partition coefficient (Wildman–Crippen LogP) is 3.84. The van der Waals surface area contributed by atoms with E-state index in [-0.39, 0.29) is 35.3 Å². The first-order chi connectivity index (χ1) is 17.0. The van der Waals surface area contributed by atoms with Gasteiger partial charge >= 0.3 is 0 Å². The van der Waals surface area contributed by atoms with Crippen molar-refractivity contribution in [2.24, 2.45) is 11.8 Å². The maximum absolute atomic E-state index is 14.2. The van der Waals surface area contributed by atoms with Crippen molar-refractivity contribution >= 4 is 22.8 Å². The molecule has 178 valence electrons. The maximum atomic E-state index is 14.2. The molecular formula is C25H23F2N7O. The fourth-order valence-corrected chi connectivity index (χ4v) is 5.34. The van der Waals surface area contributed by atoms with Crippen molar-refractivity contribution in [1.82, 2.24) is 29.9 Å². The van der Waals surface area contributed by atoms with Crippen LogP contribution in [0.3, 0.4) is 0 Å². The third-order valence-corrected chi connectivity index (χ3v) is 7.31. The van der Waals surface area contributed by atoms with E-state index in [1.807, 2.05) is 4.90 Å². The van der Waals surface area contributed by atoms with E-state index in [2.05, 4.69) is 32.4 Å². The topological polar surface area (TPSA) is 88.8 Å². The van der Waals surface area contributed by atoms with Gasteiger partial charge in [0.05, 0.1) is 46.9 Å².